The zero-order valence-electron chi connectivity index (χ0n) is 18.1. The Kier molecular flexibility index (Phi) is 5.17. The van der Waals surface area contributed by atoms with E-state index in [1.165, 1.54) is 9.55 Å². The van der Waals surface area contributed by atoms with E-state index in [0.29, 0.717) is 21.6 Å². The average molecular weight is 492 g/mol. The molecule has 3 heterocycles. The number of nitrogens with one attached hydrogen (secondary N) is 1. The van der Waals surface area contributed by atoms with Gasteiger partial charge in [0.15, 0.2) is 5.69 Å². The van der Waals surface area contributed by atoms with Crippen molar-refractivity contribution in [3.63, 3.8) is 0 Å². The molecule has 0 radical (unpaired) electrons. The molecule has 7 nitrogen and oxygen atoms in total. The second-order valence-corrected chi connectivity index (χ2v) is 11.0. The van der Waals surface area contributed by atoms with E-state index < -0.39 is 5.91 Å². The highest BCUT2D eigenvalue weighted by Gasteiger charge is 2.32. The first kappa shape index (κ1) is 21.2. The molecule has 1 N–H and O–H groups in total. The first-order valence-corrected chi connectivity index (χ1v) is 11.6. The Labute approximate surface area is 187 Å². The predicted molar refractivity (Wildman–Crippen MR) is 123 cm³/mol. The molecular formula is C21H26BrN5O2S. The lowest BCUT2D eigenvalue weighted by Crippen LogP contribution is -2.36. The minimum absolute atomic E-state index is 0.221. The van der Waals surface area contributed by atoms with Gasteiger partial charge in [-0.25, -0.2) is 9.66 Å². The summed E-state index contributed by atoms with van der Waals surface area (Å²) in [7, 11) is 1.77. The summed E-state index contributed by atoms with van der Waals surface area (Å²) in [5.41, 5.74) is 4.89. The monoisotopic (exact) mass is 491 g/mol. The molecule has 1 aliphatic carbocycles. The Bertz CT molecular complexity index is 1230. The molecule has 0 fully saturated rings. The molecule has 3 aromatic rings. The predicted octanol–water partition coefficient (Wildman–Crippen LogP) is 4.11. The molecule has 0 bridgehead atoms. The van der Waals surface area contributed by atoms with Crippen LogP contribution in [0.5, 0.6) is 0 Å². The van der Waals surface area contributed by atoms with Gasteiger partial charge in [-0.1, -0.05) is 20.8 Å². The fourth-order valence-corrected chi connectivity index (χ4v) is 5.93. The molecule has 4 rings (SSSR count). The number of aryl methyl sites for hydroxylation is 3. The topological polar surface area (TPSA) is 81.8 Å². The van der Waals surface area contributed by atoms with Crippen LogP contribution < -0.4 is 11.0 Å². The molecule has 0 saturated carbocycles. The van der Waals surface area contributed by atoms with Crippen LogP contribution in [-0.4, -0.2) is 25.3 Å². The number of rotatable bonds is 2. The number of fused-ring (bicyclic) bond motifs is 3. The van der Waals surface area contributed by atoms with E-state index in [1.807, 2.05) is 6.92 Å². The zero-order valence-corrected chi connectivity index (χ0v) is 20.5. The van der Waals surface area contributed by atoms with Crippen LogP contribution >= 0.6 is 27.3 Å². The molecule has 1 amide bonds. The van der Waals surface area contributed by atoms with Crippen molar-refractivity contribution in [1.82, 2.24) is 19.4 Å². The van der Waals surface area contributed by atoms with Crippen LogP contribution in [0.25, 0.3) is 10.2 Å². The van der Waals surface area contributed by atoms with Crippen molar-refractivity contribution in [3.8, 4) is 0 Å². The molecule has 30 heavy (non-hydrogen) atoms. The largest absolute Gasteiger partial charge is 0.291 e. The van der Waals surface area contributed by atoms with Crippen LogP contribution in [0.3, 0.4) is 0 Å². The lowest BCUT2D eigenvalue weighted by molar-refractivity contribution is 0.1000. The SMILES string of the molecule is Cc1c(Br)c(C(=O)Nn2c(C)nc3sc4c(c3c2=O)CC[C@@H](C(C)(C)C)C4)nn1C. The Hall–Kier alpha value is -2.00. The van der Waals surface area contributed by atoms with Gasteiger partial charge in [0.05, 0.1) is 15.6 Å². The van der Waals surface area contributed by atoms with Gasteiger partial charge in [0.25, 0.3) is 11.5 Å². The summed E-state index contributed by atoms with van der Waals surface area (Å²) in [6, 6.07) is 0. The van der Waals surface area contributed by atoms with Gasteiger partial charge in [0.1, 0.15) is 10.7 Å². The molecule has 0 unspecified atom stereocenters. The fourth-order valence-electron chi connectivity index (χ4n) is 4.08. The first-order chi connectivity index (χ1) is 14.0. The van der Waals surface area contributed by atoms with E-state index in [2.05, 4.69) is 52.2 Å². The molecule has 0 saturated heterocycles. The van der Waals surface area contributed by atoms with Gasteiger partial charge in [0, 0.05) is 11.9 Å². The molecule has 160 valence electrons. The third-order valence-electron chi connectivity index (χ3n) is 6.16. The van der Waals surface area contributed by atoms with Gasteiger partial charge in [-0.15, -0.1) is 11.3 Å². The van der Waals surface area contributed by atoms with Crippen LogP contribution in [0.15, 0.2) is 9.27 Å². The molecule has 9 heteroatoms. The Balaban J connectivity index is 1.75. The smallest absolute Gasteiger partial charge is 0.271 e. The van der Waals surface area contributed by atoms with Crippen molar-refractivity contribution < 1.29 is 4.79 Å². The minimum Gasteiger partial charge on any atom is -0.271 e. The summed E-state index contributed by atoms with van der Waals surface area (Å²) < 4.78 is 3.49. The van der Waals surface area contributed by atoms with Gasteiger partial charge in [-0.2, -0.15) is 5.10 Å². The van der Waals surface area contributed by atoms with Crippen molar-refractivity contribution in [1.29, 1.82) is 0 Å². The van der Waals surface area contributed by atoms with Crippen LogP contribution in [0, 0.1) is 25.2 Å². The highest BCUT2D eigenvalue weighted by atomic mass is 79.9. The van der Waals surface area contributed by atoms with Crippen molar-refractivity contribution >= 4 is 43.4 Å². The van der Waals surface area contributed by atoms with Crippen molar-refractivity contribution in [2.24, 2.45) is 18.4 Å². The lowest BCUT2D eigenvalue weighted by atomic mass is 9.72. The Morgan fingerprint density at radius 3 is 2.60 bits per heavy atom. The summed E-state index contributed by atoms with van der Waals surface area (Å²) in [5, 5.41) is 4.89. The van der Waals surface area contributed by atoms with E-state index in [0.717, 1.165) is 35.4 Å². The summed E-state index contributed by atoms with van der Waals surface area (Å²) >= 11 is 5.03. The van der Waals surface area contributed by atoms with Crippen LogP contribution in [0.2, 0.25) is 0 Å². The van der Waals surface area contributed by atoms with Gasteiger partial charge in [-0.3, -0.25) is 19.7 Å². The lowest BCUT2D eigenvalue weighted by Gasteiger charge is -2.33. The number of carbonyl (C=O) groups excluding carboxylic acids is 1. The second kappa shape index (κ2) is 7.30. The number of nitrogens with zero attached hydrogens (tertiary/aromatic N) is 4. The number of carbonyl (C=O) groups is 1. The van der Waals surface area contributed by atoms with Gasteiger partial charge in [-0.05, 0) is 65.9 Å². The first-order valence-electron chi connectivity index (χ1n) is 10.0. The van der Waals surface area contributed by atoms with Gasteiger partial charge >= 0.3 is 0 Å². The zero-order chi connectivity index (χ0) is 22.0. The number of aromatic nitrogens is 4. The van der Waals surface area contributed by atoms with Crippen molar-refractivity contribution in [2.45, 2.75) is 53.9 Å². The van der Waals surface area contributed by atoms with E-state index >= 15 is 0 Å². The standard InChI is InChI=1S/C21H26BrN5O2S/c1-10-16(22)17(24-26(10)6)18(28)25-27-11(2)23-19-15(20(27)29)13-8-7-12(21(3,4)5)9-14(13)30-19/h12H,7-9H2,1-6H3,(H,25,28)/t12-/m1/s1. The number of hydrogen-bond donors (Lipinski definition) is 1. The van der Waals surface area contributed by atoms with Crippen molar-refractivity contribution in [3.05, 3.63) is 42.5 Å². The van der Waals surface area contributed by atoms with Gasteiger partial charge < -0.3 is 0 Å². The van der Waals surface area contributed by atoms with Crippen LogP contribution in [0.4, 0.5) is 0 Å². The summed E-state index contributed by atoms with van der Waals surface area (Å²) in [5.74, 6) is 0.593. The third kappa shape index (κ3) is 3.41. The number of halogens is 1. The Morgan fingerprint density at radius 1 is 1.30 bits per heavy atom. The quantitative estimate of drug-likeness (QED) is 0.584. The van der Waals surface area contributed by atoms with Crippen LogP contribution in [-0.2, 0) is 19.9 Å². The molecule has 0 aliphatic heterocycles. The second-order valence-electron chi connectivity index (χ2n) is 9.10. The van der Waals surface area contributed by atoms with Crippen molar-refractivity contribution in [2.75, 3.05) is 5.43 Å². The third-order valence-corrected chi connectivity index (χ3v) is 8.26. The van der Waals surface area contributed by atoms with Crippen LogP contribution in [0.1, 0.15) is 59.6 Å². The highest BCUT2D eigenvalue weighted by molar-refractivity contribution is 9.10. The van der Waals surface area contributed by atoms with E-state index in [9.17, 15) is 9.59 Å². The number of amides is 1. The van der Waals surface area contributed by atoms with E-state index in [-0.39, 0.29) is 16.7 Å². The molecule has 1 aliphatic rings. The number of hydrogen-bond acceptors (Lipinski definition) is 5. The number of thiophene rings is 1. The summed E-state index contributed by atoms with van der Waals surface area (Å²) in [4.78, 5) is 32.9. The Morgan fingerprint density at radius 2 is 2.00 bits per heavy atom. The summed E-state index contributed by atoms with van der Waals surface area (Å²) in [6.07, 6.45) is 2.91. The average Bonchev–Trinajstić information content (AvgIpc) is 3.15. The molecule has 3 aromatic heterocycles. The highest BCUT2D eigenvalue weighted by Crippen LogP contribution is 2.42. The minimum atomic E-state index is -0.450. The maximum Gasteiger partial charge on any atom is 0.291 e. The fraction of sp³-hybridized carbons (Fsp3) is 0.524. The van der Waals surface area contributed by atoms with Gasteiger partial charge in [0.2, 0.25) is 0 Å². The molecular weight excluding hydrogens is 466 g/mol. The molecule has 1 atom stereocenters. The summed E-state index contributed by atoms with van der Waals surface area (Å²) in [6.45, 7) is 10.4. The normalized spacial score (nSPS) is 16.7. The van der Waals surface area contributed by atoms with E-state index in [4.69, 9.17) is 0 Å². The maximum absolute atomic E-state index is 13.4. The maximum atomic E-state index is 13.4. The van der Waals surface area contributed by atoms with E-state index in [1.54, 1.807) is 30.0 Å². The molecule has 0 spiro atoms. The molecule has 0 aromatic carbocycles.